The van der Waals surface area contributed by atoms with Gasteiger partial charge in [0.2, 0.25) is 0 Å². The van der Waals surface area contributed by atoms with E-state index in [1.165, 1.54) is 24.8 Å². The standard InChI is InChI=1S/C19H31N3O2S/c1-4-20-19(22-16-7-10-18(13-16)25-3)21-14-15-5-8-17(9-6-15)24-12-11-23-2/h5-6,8-9,16,18H,4,7,10-14H2,1-3H3,(H2,20,21,22). The number of nitrogens with zero attached hydrogens (tertiary/aromatic N) is 1. The van der Waals surface area contributed by atoms with E-state index in [1.54, 1.807) is 7.11 Å². The average Bonchev–Trinajstić information content (AvgIpc) is 3.09. The predicted molar refractivity (Wildman–Crippen MR) is 107 cm³/mol. The van der Waals surface area contributed by atoms with Crippen LogP contribution in [0.2, 0.25) is 0 Å². The fraction of sp³-hybridized carbons (Fsp3) is 0.632. The smallest absolute Gasteiger partial charge is 0.191 e. The molecule has 1 aliphatic carbocycles. The topological polar surface area (TPSA) is 54.9 Å². The Hall–Kier alpha value is -1.40. The van der Waals surface area contributed by atoms with Gasteiger partial charge in [-0.3, -0.25) is 0 Å². The minimum atomic E-state index is 0.534. The summed E-state index contributed by atoms with van der Waals surface area (Å²) >= 11 is 1.98. The second kappa shape index (κ2) is 11.3. The third-order valence-corrected chi connectivity index (χ3v) is 5.40. The van der Waals surface area contributed by atoms with Gasteiger partial charge in [-0.2, -0.15) is 11.8 Å². The highest BCUT2D eigenvalue weighted by atomic mass is 32.2. The lowest BCUT2D eigenvalue weighted by molar-refractivity contribution is 0.146. The van der Waals surface area contributed by atoms with E-state index in [1.807, 2.05) is 23.9 Å². The van der Waals surface area contributed by atoms with Crippen molar-refractivity contribution in [1.82, 2.24) is 10.6 Å². The van der Waals surface area contributed by atoms with Crippen LogP contribution < -0.4 is 15.4 Å². The van der Waals surface area contributed by atoms with Gasteiger partial charge in [-0.25, -0.2) is 4.99 Å². The molecule has 140 valence electrons. The summed E-state index contributed by atoms with van der Waals surface area (Å²) in [5.41, 5.74) is 1.17. The lowest BCUT2D eigenvalue weighted by atomic mass is 10.2. The van der Waals surface area contributed by atoms with Crippen molar-refractivity contribution in [1.29, 1.82) is 0 Å². The first-order chi connectivity index (χ1) is 12.2. The zero-order valence-electron chi connectivity index (χ0n) is 15.6. The Morgan fingerprint density at radius 2 is 2.04 bits per heavy atom. The molecule has 1 aromatic rings. The first kappa shape index (κ1) is 19.9. The summed E-state index contributed by atoms with van der Waals surface area (Å²) in [5, 5.41) is 7.72. The van der Waals surface area contributed by atoms with Crippen molar-refractivity contribution in [3.05, 3.63) is 29.8 Å². The summed E-state index contributed by atoms with van der Waals surface area (Å²) in [5.74, 6) is 1.78. The molecule has 0 aliphatic heterocycles. The molecule has 0 aromatic heterocycles. The Kier molecular flexibility index (Phi) is 8.97. The number of guanidine groups is 1. The summed E-state index contributed by atoms with van der Waals surface area (Å²) in [6.45, 7) is 4.80. The van der Waals surface area contributed by atoms with Crippen molar-refractivity contribution >= 4 is 17.7 Å². The van der Waals surface area contributed by atoms with Crippen molar-refractivity contribution in [2.45, 2.75) is 44.0 Å². The quantitative estimate of drug-likeness (QED) is 0.400. The summed E-state index contributed by atoms with van der Waals surface area (Å²) in [6, 6.07) is 8.64. The number of aliphatic imine (C=N–C) groups is 1. The van der Waals surface area contributed by atoms with E-state index in [4.69, 9.17) is 14.5 Å². The van der Waals surface area contributed by atoms with E-state index in [-0.39, 0.29) is 0 Å². The number of ether oxygens (including phenoxy) is 2. The number of nitrogens with one attached hydrogen (secondary N) is 2. The summed E-state index contributed by atoms with van der Waals surface area (Å²) in [4.78, 5) is 4.73. The number of thioether (sulfide) groups is 1. The van der Waals surface area contributed by atoms with Crippen LogP contribution in [-0.2, 0) is 11.3 Å². The van der Waals surface area contributed by atoms with Gasteiger partial charge in [-0.1, -0.05) is 12.1 Å². The van der Waals surface area contributed by atoms with Gasteiger partial charge in [0, 0.05) is 24.9 Å². The van der Waals surface area contributed by atoms with Gasteiger partial charge in [-0.05, 0) is 50.1 Å². The SMILES string of the molecule is CCNC(=NCc1ccc(OCCOC)cc1)NC1CCC(SC)C1. The molecule has 0 amide bonds. The highest BCUT2D eigenvalue weighted by Crippen LogP contribution is 2.28. The van der Waals surface area contributed by atoms with Crippen molar-refractivity contribution in [2.75, 3.05) is 33.1 Å². The number of methoxy groups -OCH3 is 1. The third-order valence-electron chi connectivity index (χ3n) is 4.30. The summed E-state index contributed by atoms with van der Waals surface area (Å²) in [7, 11) is 1.67. The molecule has 1 aliphatic rings. The molecule has 1 saturated carbocycles. The Bertz CT molecular complexity index is 522. The number of rotatable bonds is 9. The van der Waals surface area contributed by atoms with Crippen LogP contribution in [0.5, 0.6) is 5.75 Å². The maximum atomic E-state index is 5.59. The maximum absolute atomic E-state index is 5.59. The molecular weight excluding hydrogens is 334 g/mol. The Morgan fingerprint density at radius 1 is 1.24 bits per heavy atom. The van der Waals surface area contributed by atoms with Crippen LogP contribution >= 0.6 is 11.8 Å². The molecule has 2 atom stereocenters. The molecule has 0 radical (unpaired) electrons. The molecule has 25 heavy (non-hydrogen) atoms. The lowest BCUT2D eigenvalue weighted by Gasteiger charge is -2.17. The molecule has 1 aromatic carbocycles. The van der Waals surface area contributed by atoms with E-state index in [9.17, 15) is 0 Å². The molecule has 0 bridgehead atoms. The van der Waals surface area contributed by atoms with Gasteiger partial charge in [0.05, 0.1) is 13.2 Å². The van der Waals surface area contributed by atoms with E-state index >= 15 is 0 Å². The molecule has 1 fully saturated rings. The van der Waals surface area contributed by atoms with Crippen LogP contribution in [0.25, 0.3) is 0 Å². The second-order valence-corrected chi connectivity index (χ2v) is 7.33. The fourth-order valence-corrected chi connectivity index (χ4v) is 3.70. The van der Waals surface area contributed by atoms with E-state index in [2.05, 4.69) is 35.9 Å². The van der Waals surface area contributed by atoms with Crippen LogP contribution in [-0.4, -0.2) is 50.4 Å². The van der Waals surface area contributed by atoms with Crippen LogP contribution in [0, 0.1) is 0 Å². The monoisotopic (exact) mass is 365 g/mol. The molecule has 6 heteroatoms. The molecule has 5 nitrogen and oxygen atoms in total. The molecule has 0 saturated heterocycles. The van der Waals surface area contributed by atoms with Gasteiger partial charge in [0.25, 0.3) is 0 Å². The van der Waals surface area contributed by atoms with Crippen LogP contribution in [0.15, 0.2) is 29.3 Å². The zero-order chi connectivity index (χ0) is 17.9. The highest BCUT2D eigenvalue weighted by molar-refractivity contribution is 7.99. The molecule has 2 rings (SSSR count). The highest BCUT2D eigenvalue weighted by Gasteiger charge is 2.24. The van der Waals surface area contributed by atoms with Gasteiger partial charge < -0.3 is 20.1 Å². The second-order valence-electron chi connectivity index (χ2n) is 6.19. The minimum Gasteiger partial charge on any atom is -0.491 e. The number of hydrogen-bond donors (Lipinski definition) is 2. The van der Waals surface area contributed by atoms with Gasteiger partial charge in [0.15, 0.2) is 5.96 Å². The number of hydrogen-bond acceptors (Lipinski definition) is 4. The molecule has 0 spiro atoms. The predicted octanol–water partition coefficient (Wildman–Crippen LogP) is 3.05. The van der Waals surface area contributed by atoms with E-state index in [0.29, 0.717) is 25.8 Å². The third kappa shape index (κ3) is 7.16. The van der Waals surface area contributed by atoms with Crippen LogP contribution in [0.1, 0.15) is 31.7 Å². The zero-order valence-corrected chi connectivity index (χ0v) is 16.4. The first-order valence-corrected chi connectivity index (χ1v) is 10.3. The maximum Gasteiger partial charge on any atom is 0.191 e. The molecule has 0 heterocycles. The summed E-state index contributed by atoms with van der Waals surface area (Å²) in [6.07, 6.45) is 5.94. The first-order valence-electron chi connectivity index (χ1n) is 9.03. The largest absolute Gasteiger partial charge is 0.491 e. The van der Waals surface area contributed by atoms with Gasteiger partial charge in [-0.15, -0.1) is 0 Å². The normalized spacial score (nSPS) is 20.5. The van der Waals surface area contributed by atoms with Crippen molar-refractivity contribution < 1.29 is 9.47 Å². The Balaban J connectivity index is 1.85. The minimum absolute atomic E-state index is 0.534. The fourth-order valence-electron chi connectivity index (χ4n) is 2.90. The van der Waals surface area contributed by atoms with Crippen molar-refractivity contribution in [3.8, 4) is 5.75 Å². The Morgan fingerprint density at radius 3 is 2.68 bits per heavy atom. The Labute approximate surface area is 156 Å². The summed E-state index contributed by atoms with van der Waals surface area (Å²) < 4.78 is 10.6. The van der Waals surface area contributed by atoms with Crippen LogP contribution in [0.4, 0.5) is 0 Å². The van der Waals surface area contributed by atoms with Crippen LogP contribution in [0.3, 0.4) is 0 Å². The van der Waals surface area contributed by atoms with E-state index < -0.39 is 0 Å². The van der Waals surface area contributed by atoms with Crippen molar-refractivity contribution in [3.63, 3.8) is 0 Å². The lowest BCUT2D eigenvalue weighted by Crippen LogP contribution is -2.42. The number of benzene rings is 1. The molecule has 2 N–H and O–H groups in total. The van der Waals surface area contributed by atoms with Crippen molar-refractivity contribution in [2.24, 2.45) is 4.99 Å². The van der Waals surface area contributed by atoms with E-state index in [0.717, 1.165) is 23.5 Å². The van der Waals surface area contributed by atoms with Gasteiger partial charge >= 0.3 is 0 Å². The average molecular weight is 366 g/mol. The molecular formula is C19H31N3O2S. The van der Waals surface area contributed by atoms with Gasteiger partial charge in [0.1, 0.15) is 12.4 Å². The molecule has 2 unspecified atom stereocenters.